The number of hydrogen-bond acceptors (Lipinski definition) is 3. The van der Waals surface area contributed by atoms with Crippen LogP contribution >= 0.6 is 0 Å². The van der Waals surface area contributed by atoms with Crippen molar-refractivity contribution in [3.8, 4) is 17.0 Å². The molecule has 4 aromatic rings. The number of para-hydroxylation sites is 1. The van der Waals surface area contributed by atoms with Crippen LogP contribution in [0.3, 0.4) is 0 Å². The van der Waals surface area contributed by atoms with Gasteiger partial charge in [0, 0.05) is 36.6 Å². The smallest absolute Gasteiger partial charge is 0.126 e. The molecule has 0 atom stereocenters. The number of ether oxygens (including phenoxy) is 1. The Morgan fingerprint density at radius 1 is 0.931 bits per heavy atom. The van der Waals surface area contributed by atoms with Crippen LogP contribution < -0.4 is 4.74 Å². The molecule has 5 heteroatoms. The van der Waals surface area contributed by atoms with Gasteiger partial charge in [0.2, 0.25) is 0 Å². The van der Waals surface area contributed by atoms with Crippen LogP contribution in [0.4, 0.5) is 0 Å². The van der Waals surface area contributed by atoms with Gasteiger partial charge in [-0.25, -0.2) is 9.97 Å². The third kappa shape index (κ3) is 4.46. The number of aromatic nitrogens is 4. The Balaban J connectivity index is 1.63. The number of benzene rings is 2. The molecule has 0 unspecified atom stereocenters. The zero-order valence-electron chi connectivity index (χ0n) is 16.5. The van der Waals surface area contributed by atoms with Crippen LogP contribution in [-0.2, 0) is 13.1 Å². The molecular formula is C24H24N4O. The summed E-state index contributed by atoms with van der Waals surface area (Å²) < 4.78 is 9.79. The van der Waals surface area contributed by atoms with Crippen LogP contribution in [0.15, 0.2) is 79.6 Å². The minimum Gasteiger partial charge on any atom is -0.496 e. The SMILES string of the molecule is COc1ccccc1/C=C/c1c(-c2ccccc2)ncn1CCCn1ccnc1. The normalized spacial score (nSPS) is 11.2. The number of hydrogen-bond donors (Lipinski definition) is 0. The van der Waals surface area contributed by atoms with Gasteiger partial charge < -0.3 is 13.9 Å². The second-order valence-electron chi connectivity index (χ2n) is 6.77. The number of aryl methyl sites for hydroxylation is 2. The quantitative estimate of drug-likeness (QED) is 0.429. The maximum absolute atomic E-state index is 5.48. The van der Waals surface area contributed by atoms with E-state index in [-0.39, 0.29) is 0 Å². The summed E-state index contributed by atoms with van der Waals surface area (Å²) in [4.78, 5) is 8.83. The second kappa shape index (κ2) is 9.06. The molecule has 0 saturated carbocycles. The van der Waals surface area contributed by atoms with E-state index in [4.69, 9.17) is 9.72 Å². The molecule has 0 radical (unpaired) electrons. The molecule has 0 amide bonds. The lowest BCUT2D eigenvalue weighted by Gasteiger charge is -2.09. The Bertz CT molecular complexity index is 1070. The van der Waals surface area contributed by atoms with Crippen molar-refractivity contribution in [2.45, 2.75) is 19.5 Å². The van der Waals surface area contributed by atoms with E-state index in [1.54, 1.807) is 7.11 Å². The summed E-state index contributed by atoms with van der Waals surface area (Å²) in [6.07, 6.45) is 12.8. The van der Waals surface area contributed by atoms with Crippen molar-refractivity contribution in [1.82, 2.24) is 19.1 Å². The molecule has 146 valence electrons. The van der Waals surface area contributed by atoms with Crippen LogP contribution in [0.5, 0.6) is 5.75 Å². The first-order chi connectivity index (χ1) is 14.3. The molecule has 0 spiro atoms. The first kappa shape index (κ1) is 18.7. The summed E-state index contributed by atoms with van der Waals surface area (Å²) in [7, 11) is 1.70. The van der Waals surface area contributed by atoms with Crippen molar-refractivity contribution in [2.75, 3.05) is 7.11 Å². The van der Waals surface area contributed by atoms with Gasteiger partial charge in [-0.1, -0.05) is 48.5 Å². The Labute approximate surface area is 170 Å². The van der Waals surface area contributed by atoms with E-state index in [1.165, 1.54) is 0 Å². The predicted molar refractivity (Wildman–Crippen MR) is 116 cm³/mol. The summed E-state index contributed by atoms with van der Waals surface area (Å²) in [5.41, 5.74) is 4.23. The highest BCUT2D eigenvalue weighted by molar-refractivity contribution is 5.78. The van der Waals surface area contributed by atoms with Gasteiger partial charge in [0.1, 0.15) is 5.75 Å². The molecule has 0 N–H and O–H groups in total. The molecule has 0 aliphatic carbocycles. The lowest BCUT2D eigenvalue weighted by molar-refractivity contribution is 0.414. The van der Waals surface area contributed by atoms with Gasteiger partial charge in [0.05, 0.1) is 31.2 Å². The maximum atomic E-state index is 5.48. The molecule has 2 heterocycles. The average molecular weight is 384 g/mol. The fraction of sp³-hybridized carbons (Fsp3) is 0.167. The Kier molecular flexibility index (Phi) is 5.86. The monoisotopic (exact) mass is 384 g/mol. The van der Waals surface area contributed by atoms with Crippen molar-refractivity contribution in [2.24, 2.45) is 0 Å². The predicted octanol–water partition coefficient (Wildman–Crippen LogP) is 5.02. The van der Waals surface area contributed by atoms with Crippen LogP contribution in [0.25, 0.3) is 23.4 Å². The third-order valence-electron chi connectivity index (χ3n) is 4.86. The Hall–Kier alpha value is -3.60. The lowest BCUT2D eigenvalue weighted by atomic mass is 10.1. The Morgan fingerprint density at radius 3 is 2.55 bits per heavy atom. The van der Waals surface area contributed by atoms with Gasteiger partial charge in [-0.3, -0.25) is 0 Å². The molecule has 0 aliphatic heterocycles. The topological polar surface area (TPSA) is 44.9 Å². The molecule has 2 aromatic carbocycles. The lowest BCUT2D eigenvalue weighted by Crippen LogP contribution is -2.03. The standard InChI is InChI=1S/C24H24N4O/c1-29-23-11-6-5-8-20(23)12-13-22-24(21-9-3-2-4-10-21)26-19-28(22)16-7-15-27-17-14-25-18-27/h2-6,8-14,17-19H,7,15-16H2,1H3/b13-12+. The zero-order valence-corrected chi connectivity index (χ0v) is 16.5. The third-order valence-corrected chi connectivity index (χ3v) is 4.86. The summed E-state index contributed by atoms with van der Waals surface area (Å²) in [6, 6.07) is 18.3. The highest BCUT2D eigenvalue weighted by Crippen LogP contribution is 2.26. The van der Waals surface area contributed by atoms with Gasteiger partial charge in [0.25, 0.3) is 0 Å². The molecular weight excluding hydrogens is 360 g/mol. The highest BCUT2D eigenvalue weighted by atomic mass is 16.5. The van der Waals surface area contributed by atoms with E-state index >= 15 is 0 Å². The minimum atomic E-state index is 0.858. The van der Waals surface area contributed by atoms with Crippen LogP contribution in [-0.4, -0.2) is 26.2 Å². The van der Waals surface area contributed by atoms with E-state index in [0.29, 0.717) is 0 Å². The molecule has 2 aromatic heterocycles. The highest BCUT2D eigenvalue weighted by Gasteiger charge is 2.11. The van der Waals surface area contributed by atoms with E-state index < -0.39 is 0 Å². The van der Waals surface area contributed by atoms with Gasteiger partial charge in [0.15, 0.2) is 0 Å². The molecule has 0 aliphatic rings. The zero-order chi connectivity index (χ0) is 19.9. The van der Waals surface area contributed by atoms with Crippen molar-refractivity contribution in [3.63, 3.8) is 0 Å². The van der Waals surface area contributed by atoms with Gasteiger partial charge in [-0.05, 0) is 24.6 Å². The van der Waals surface area contributed by atoms with Gasteiger partial charge >= 0.3 is 0 Å². The first-order valence-corrected chi connectivity index (χ1v) is 9.72. The molecule has 5 nitrogen and oxygen atoms in total. The maximum Gasteiger partial charge on any atom is 0.126 e. The van der Waals surface area contributed by atoms with Crippen molar-refractivity contribution in [3.05, 3.63) is 90.9 Å². The number of nitrogens with zero attached hydrogens (tertiary/aromatic N) is 4. The Morgan fingerprint density at radius 2 is 1.76 bits per heavy atom. The van der Waals surface area contributed by atoms with Crippen molar-refractivity contribution < 1.29 is 4.74 Å². The number of rotatable bonds is 8. The summed E-state index contributed by atoms with van der Waals surface area (Å²) in [6.45, 7) is 1.80. The average Bonchev–Trinajstić information content (AvgIpc) is 3.43. The molecule has 0 saturated heterocycles. The molecule has 29 heavy (non-hydrogen) atoms. The molecule has 0 fully saturated rings. The van der Waals surface area contributed by atoms with E-state index in [2.05, 4.69) is 44.5 Å². The molecule has 4 rings (SSSR count). The van der Waals surface area contributed by atoms with Crippen LogP contribution in [0, 0.1) is 0 Å². The minimum absolute atomic E-state index is 0.858. The molecule has 0 bridgehead atoms. The second-order valence-corrected chi connectivity index (χ2v) is 6.77. The van der Waals surface area contributed by atoms with Gasteiger partial charge in [-0.2, -0.15) is 0 Å². The first-order valence-electron chi connectivity index (χ1n) is 9.72. The number of imidazole rings is 2. The summed E-state index contributed by atoms with van der Waals surface area (Å²) in [5, 5.41) is 0. The fourth-order valence-electron chi connectivity index (χ4n) is 3.38. The van der Waals surface area contributed by atoms with E-state index in [1.807, 2.05) is 61.4 Å². The fourth-order valence-corrected chi connectivity index (χ4v) is 3.38. The van der Waals surface area contributed by atoms with Crippen molar-refractivity contribution in [1.29, 1.82) is 0 Å². The largest absolute Gasteiger partial charge is 0.496 e. The summed E-state index contributed by atoms with van der Waals surface area (Å²) >= 11 is 0. The summed E-state index contributed by atoms with van der Waals surface area (Å²) in [5.74, 6) is 0.858. The van der Waals surface area contributed by atoms with Gasteiger partial charge in [-0.15, -0.1) is 0 Å². The number of methoxy groups -OCH3 is 1. The van der Waals surface area contributed by atoms with Crippen LogP contribution in [0.2, 0.25) is 0 Å². The van der Waals surface area contributed by atoms with Crippen molar-refractivity contribution >= 4 is 12.2 Å². The van der Waals surface area contributed by atoms with Crippen LogP contribution in [0.1, 0.15) is 17.7 Å². The van der Waals surface area contributed by atoms with E-state index in [9.17, 15) is 0 Å². The van der Waals surface area contributed by atoms with E-state index in [0.717, 1.165) is 47.8 Å².